The van der Waals surface area contributed by atoms with Crippen molar-refractivity contribution in [1.82, 2.24) is 20.1 Å². The van der Waals surface area contributed by atoms with Crippen LogP contribution in [0.1, 0.15) is 32.2 Å². The lowest BCUT2D eigenvalue weighted by molar-refractivity contribution is 0.410. The molecule has 6 heteroatoms. The summed E-state index contributed by atoms with van der Waals surface area (Å²) in [6.45, 7) is 7.39. The highest BCUT2D eigenvalue weighted by atomic mass is 79.9. The van der Waals surface area contributed by atoms with E-state index in [1.165, 1.54) is 18.5 Å². The highest BCUT2D eigenvalue weighted by Gasteiger charge is 2.12. The van der Waals surface area contributed by atoms with E-state index in [9.17, 15) is 4.39 Å². The van der Waals surface area contributed by atoms with Gasteiger partial charge in [-0.1, -0.05) is 15.9 Å². The second kappa shape index (κ2) is 6.01. The van der Waals surface area contributed by atoms with E-state index < -0.39 is 0 Å². The first-order valence-corrected chi connectivity index (χ1v) is 7.20. The van der Waals surface area contributed by atoms with Gasteiger partial charge in [0.15, 0.2) is 0 Å². The summed E-state index contributed by atoms with van der Waals surface area (Å²) in [7, 11) is 0. The Morgan fingerprint density at radius 3 is 2.80 bits per heavy atom. The molecule has 0 atom stereocenters. The minimum atomic E-state index is -0.252. The van der Waals surface area contributed by atoms with Crippen molar-refractivity contribution in [3.63, 3.8) is 0 Å². The van der Waals surface area contributed by atoms with Crippen LogP contribution in [-0.2, 0) is 13.1 Å². The van der Waals surface area contributed by atoms with Crippen molar-refractivity contribution in [3.05, 3.63) is 46.2 Å². The molecule has 4 nitrogen and oxygen atoms in total. The molecule has 108 valence electrons. The average molecular weight is 341 g/mol. The number of nitrogens with zero attached hydrogens (tertiary/aromatic N) is 3. The van der Waals surface area contributed by atoms with Gasteiger partial charge in [0.2, 0.25) is 0 Å². The highest BCUT2D eigenvalue weighted by Crippen LogP contribution is 2.19. The Morgan fingerprint density at radius 2 is 2.10 bits per heavy atom. The SMILES string of the molecule is CC(C)(C)NCc1ncnn1Cc1cc(F)ccc1Br. The average Bonchev–Trinajstić information content (AvgIpc) is 2.78. The molecule has 0 unspecified atom stereocenters. The lowest BCUT2D eigenvalue weighted by Gasteiger charge is -2.20. The molecule has 1 aromatic heterocycles. The van der Waals surface area contributed by atoms with Gasteiger partial charge in [-0.2, -0.15) is 5.10 Å². The summed E-state index contributed by atoms with van der Waals surface area (Å²) in [5.41, 5.74) is 0.850. The molecule has 0 saturated heterocycles. The van der Waals surface area contributed by atoms with Gasteiger partial charge in [0.05, 0.1) is 13.1 Å². The van der Waals surface area contributed by atoms with Crippen molar-refractivity contribution in [2.45, 2.75) is 39.4 Å². The van der Waals surface area contributed by atoms with Gasteiger partial charge in [0.1, 0.15) is 18.0 Å². The minimum Gasteiger partial charge on any atom is -0.305 e. The molecule has 1 aromatic carbocycles. The van der Waals surface area contributed by atoms with E-state index in [0.29, 0.717) is 13.1 Å². The molecular weight excluding hydrogens is 323 g/mol. The third-order valence-corrected chi connectivity index (χ3v) is 3.57. The molecule has 0 amide bonds. The van der Waals surface area contributed by atoms with E-state index in [4.69, 9.17) is 0 Å². The van der Waals surface area contributed by atoms with Crippen LogP contribution in [0.25, 0.3) is 0 Å². The molecule has 20 heavy (non-hydrogen) atoms. The van der Waals surface area contributed by atoms with E-state index in [2.05, 4.69) is 52.1 Å². The van der Waals surface area contributed by atoms with Gasteiger partial charge >= 0.3 is 0 Å². The molecule has 0 fully saturated rings. The number of nitrogens with one attached hydrogen (secondary N) is 1. The number of rotatable bonds is 4. The Balaban J connectivity index is 2.14. The summed E-state index contributed by atoms with van der Waals surface area (Å²) in [5, 5.41) is 7.57. The second-order valence-electron chi connectivity index (χ2n) is 5.67. The fraction of sp³-hybridized carbons (Fsp3) is 0.429. The first-order valence-electron chi connectivity index (χ1n) is 6.41. The molecule has 0 aliphatic heterocycles. The van der Waals surface area contributed by atoms with Crippen molar-refractivity contribution in [3.8, 4) is 0 Å². The number of hydrogen-bond acceptors (Lipinski definition) is 3. The molecule has 0 aliphatic carbocycles. The van der Waals surface area contributed by atoms with Crippen molar-refractivity contribution in [2.24, 2.45) is 0 Å². The summed E-state index contributed by atoms with van der Waals surface area (Å²) in [6.07, 6.45) is 1.52. The standard InChI is InChI=1S/C14H18BrFN4/c1-14(2,3)18-7-13-17-9-19-20(13)8-10-6-11(16)4-5-12(10)15/h4-6,9,18H,7-8H2,1-3H3. The van der Waals surface area contributed by atoms with Crippen LogP contribution >= 0.6 is 15.9 Å². The van der Waals surface area contributed by atoms with Crippen LogP contribution in [-0.4, -0.2) is 20.3 Å². The molecule has 2 aromatic rings. The number of benzene rings is 1. The van der Waals surface area contributed by atoms with Gasteiger partial charge in [0, 0.05) is 10.0 Å². The maximum atomic E-state index is 13.3. The van der Waals surface area contributed by atoms with E-state index in [1.54, 1.807) is 10.7 Å². The van der Waals surface area contributed by atoms with Gasteiger partial charge in [-0.25, -0.2) is 14.1 Å². The topological polar surface area (TPSA) is 42.7 Å². The summed E-state index contributed by atoms with van der Waals surface area (Å²) in [5.74, 6) is 0.578. The molecule has 0 saturated carbocycles. The molecule has 1 N–H and O–H groups in total. The largest absolute Gasteiger partial charge is 0.305 e. The maximum absolute atomic E-state index is 13.3. The third kappa shape index (κ3) is 4.11. The molecular formula is C14H18BrFN4. The molecule has 2 rings (SSSR count). The van der Waals surface area contributed by atoms with Crippen LogP contribution in [0.15, 0.2) is 29.0 Å². The van der Waals surface area contributed by atoms with Gasteiger partial charge in [0.25, 0.3) is 0 Å². The van der Waals surface area contributed by atoms with E-state index >= 15 is 0 Å². The van der Waals surface area contributed by atoms with Crippen molar-refractivity contribution >= 4 is 15.9 Å². The zero-order chi connectivity index (χ0) is 14.8. The molecule has 1 heterocycles. The number of aromatic nitrogens is 3. The zero-order valence-corrected chi connectivity index (χ0v) is 13.4. The van der Waals surface area contributed by atoms with Gasteiger partial charge in [-0.05, 0) is 44.5 Å². The van der Waals surface area contributed by atoms with Crippen molar-refractivity contribution in [1.29, 1.82) is 0 Å². The Labute approximate surface area is 126 Å². The van der Waals surface area contributed by atoms with Crippen LogP contribution in [0.4, 0.5) is 4.39 Å². The zero-order valence-electron chi connectivity index (χ0n) is 11.8. The lowest BCUT2D eigenvalue weighted by atomic mass is 10.1. The van der Waals surface area contributed by atoms with E-state index in [1.807, 2.05) is 0 Å². The van der Waals surface area contributed by atoms with Crippen molar-refractivity contribution < 1.29 is 4.39 Å². The molecule has 0 aliphatic rings. The lowest BCUT2D eigenvalue weighted by Crippen LogP contribution is -2.36. The van der Waals surface area contributed by atoms with Gasteiger partial charge < -0.3 is 5.32 Å². The van der Waals surface area contributed by atoms with Crippen molar-refractivity contribution in [2.75, 3.05) is 0 Å². The summed E-state index contributed by atoms with van der Waals surface area (Å²) < 4.78 is 15.9. The predicted octanol–water partition coefficient (Wildman–Crippen LogP) is 3.12. The Hall–Kier alpha value is -1.27. The van der Waals surface area contributed by atoms with Crippen LogP contribution in [0.5, 0.6) is 0 Å². The first kappa shape index (κ1) is 15.1. The molecule has 0 spiro atoms. The molecule has 0 radical (unpaired) electrons. The fourth-order valence-electron chi connectivity index (χ4n) is 1.73. The number of halogens is 2. The van der Waals surface area contributed by atoms with Gasteiger partial charge in [-0.15, -0.1) is 0 Å². The second-order valence-corrected chi connectivity index (χ2v) is 6.53. The number of hydrogen-bond donors (Lipinski definition) is 1. The van der Waals surface area contributed by atoms with Crippen LogP contribution in [0.2, 0.25) is 0 Å². The predicted molar refractivity (Wildman–Crippen MR) is 79.8 cm³/mol. The van der Waals surface area contributed by atoms with Crippen LogP contribution in [0.3, 0.4) is 0 Å². The first-order chi connectivity index (χ1) is 9.35. The summed E-state index contributed by atoms with van der Waals surface area (Å²) >= 11 is 3.43. The van der Waals surface area contributed by atoms with Gasteiger partial charge in [-0.3, -0.25) is 0 Å². The van der Waals surface area contributed by atoms with E-state index in [0.717, 1.165) is 15.9 Å². The fourth-order valence-corrected chi connectivity index (χ4v) is 2.10. The quantitative estimate of drug-likeness (QED) is 0.929. The van der Waals surface area contributed by atoms with Crippen LogP contribution in [0, 0.1) is 5.82 Å². The third-order valence-electron chi connectivity index (χ3n) is 2.80. The summed E-state index contributed by atoms with van der Waals surface area (Å²) in [4.78, 5) is 4.25. The minimum absolute atomic E-state index is 0.0101. The van der Waals surface area contributed by atoms with Crippen LogP contribution < -0.4 is 5.32 Å². The monoisotopic (exact) mass is 340 g/mol. The normalized spacial score (nSPS) is 11.8. The smallest absolute Gasteiger partial charge is 0.141 e. The highest BCUT2D eigenvalue weighted by molar-refractivity contribution is 9.10. The maximum Gasteiger partial charge on any atom is 0.141 e. The Kier molecular flexibility index (Phi) is 4.55. The Bertz CT molecular complexity index is 589. The Morgan fingerprint density at radius 1 is 1.35 bits per heavy atom. The van der Waals surface area contributed by atoms with E-state index in [-0.39, 0.29) is 11.4 Å². The summed E-state index contributed by atoms with van der Waals surface area (Å²) in [6, 6.07) is 4.64. The molecule has 0 bridgehead atoms.